The van der Waals surface area contributed by atoms with E-state index in [1.54, 1.807) is 59.5 Å². The molecule has 2 amide bonds. The molecular weight excluding hydrogens is 523 g/mol. The van der Waals surface area contributed by atoms with Gasteiger partial charge in [0.15, 0.2) is 0 Å². The van der Waals surface area contributed by atoms with Crippen molar-refractivity contribution in [3.05, 3.63) is 125 Å². The molecule has 7 heteroatoms. The molecule has 2 aliphatic heterocycles. The fourth-order valence-corrected chi connectivity index (χ4v) is 6.94. The zero-order valence-corrected chi connectivity index (χ0v) is 22.8. The molecule has 1 fully saturated rings. The minimum atomic E-state index is -1.61. The van der Waals surface area contributed by atoms with Gasteiger partial charge < -0.3 is 9.80 Å². The number of rotatable bonds is 5. The second kappa shape index (κ2) is 11.2. The molecule has 0 bridgehead atoms. The molecule has 2 aliphatic rings. The highest BCUT2D eigenvalue weighted by Gasteiger charge is 2.32. The third-order valence-electron chi connectivity index (χ3n) is 7.78. The van der Waals surface area contributed by atoms with Gasteiger partial charge in [0.1, 0.15) is 5.82 Å². The summed E-state index contributed by atoms with van der Waals surface area (Å²) in [5.74, 6) is -0.234. The van der Waals surface area contributed by atoms with Crippen molar-refractivity contribution in [2.45, 2.75) is 35.6 Å². The van der Waals surface area contributed by atoms with Gasteiger partial charge in [0.25, 0.3) is 11.8 Å². The van der Waals surface area contributed by atoms with E-state index in [0.29, 0.717) is 45.6 Å². The number of hydrogen-bond donors (Lipinski definition) is 0. The molecule has 5 nitrogen and oxygen atoms in total. The number of benzene rings is 4. The SMILES string of the molecule is O=C(c1ccc2c(c1)N(Cc1ccc(F)cc1)C(=O)c1ccccc1[S@]2=O)N1CCC(Cc2ccccc2)CC1. The molecule has 40 heavy (non-hydrogen) atoms. The summed E-state index contributed by atoms with van der Waals surface area (Å²) in [6, 6.07) is 28.4. The maximum absolute atomic E-state index is 13.8. The van der Waals surface area contributed by atoms with Gasteiger partial charge in [0, 0.05) is 18.7 Å². The van der Waals surface area contributed by atoms with Gasteiger partial charge in [-0.1, -0.05) is 54.6 Å². The normalized spacial score (nSPS) is 17.2. The van der Waals surface area contributed by atoms with Gasteiger partial charge >= 0.3 is 0 Å². The minimum Gasteiger partial charge on any atom is -0.339 e. The van der Waals surface area contributed by atoms with Crippen molar-refractivity contribution < 1.29 is 18.2 Å². The Kier molecular flexibility index (Phi) is 7.30. The van der Waals surface area contributed by atoms with E-state index in [1.165, 1.54) is 17.7 Å². The van der Waals surface area contributed by atoms with Crippen LogP contribution >= 0.6 is 0 Å². The first kappa shape index (κ1) is 26.1. The maximum atomic E-state index is 13.8. The molecule has 0 aromatic heterocycles. The molecule has 0 N–H and O–H groups in total. The van der Waals surface area contributed by atoms with Crippen LogP contribution in [0.3, 0.4) is 0 Å². The van der Waals surface area contributed by atoms with E-state index in [9.17, 15) is 18.2 Å². The highest BCUT2D eigenvalue weighted by Crippen LogP contribution is 2.36. The summed E-state index contributed by atoms with van der Waals surface area (Å²) in [6.07, 6.45) is 2.87. The third-order valence-corrected chi connectivity index (χ3v) is 9.28. The average Bonchev–Trinajstić information content (AvgIpc) is 3.08. The van der Waals surface area contributed by atoms with Crippen LogP contribution < -0.4 is 4.90 Å². The number of carbonyl (C=O) groups is 2. The van der Waals surface area contributed by atoms with E-state index >= 15 is 0 Å². The number of nitrogens with zero attached hydrogens (tertiary/aromatic N) is 2. The van der Waals surface area contributed by atoms with Crippen molar-refractivity contribution in [1.29, 1.82) is 0 Å². The molecular formula is C33H29FN2O3S. The Balaban J connectivity index is 1.28. The molecule has 6 rings (SSSR count). The van der Waals surface area contributed by atoms with Crippen LogP contribution in [0, 0.1) is 11.7 Å². The van der Waals surface area contributed by atoms with Crippen LogP contribution in [0.5, 0.6) is 0 Å². The van der Waals surface area contributed by atoms with Crippen molar-refractivity contribution in [3.63, 3.8) is 0 Å². The summed E-state index contributed by atoms with van der Waals surface area (Å²) in [6.45, 7) is 1.49. The summed E-state index contributed by atoms with van der Waals surface area (Å²) in [5, 5.41) is 0. The number of piperidine rings is 1. The summed E-state index contributed by atoms with van der Waals surface area (Å²) in [4.78, 5) is 31.8. The van der Waals surface area contributed by atoms with Crippen LogP contribution in [0.2, 0.25) is 0 Å². The lowest BCUT2D eigenvalue weighted by molar-refractivity contribution is 0.0690. The quantitative estimate of drug-likeness (QED) is 0.294. The molecule has 4 aromatic rings. The monoisotopic (exact) mass is 552 g/mol. The first-order valence-electron chi connectivity index (χ1n) is 13.5. The maximum Gasteiger partial charge on any atom is 0.259 e. The number of likely N-dealkylation sites (tertiary alicyclic amines) is 1. The first-order valence-corrected chi connectivity index (χ1v) is 14.7. The Morgan fingerprint density at radius 2 is 1.52 bits per heavy atom. The van der Waals surface area contributed by atoms with Crippen LogP contribution in [-0.4, -0.2) is 34.0 Å². The number of halogens is 1. The average molecular weight is 553 g/mol. The fourth-order valence-electron chi connectivity index (χ4n) is 5.60. The van der Waals surface area contributed by atoms with Gasteiger partial charge in [0.05, 0.1) is 38.4 Å². The van der Waals surface area contributed by atoms with Crippen molar-refractivity contribution in [2.24, 2.45) is 5.92 Å². The second-order valence-electron chi connectivity index (χ2n) is 10.4. The van der Waals surface area contributed by atoms with E-state index in [0.717, 1.165) is 24.8 Å². The fraction of sp³-hybridized carbons (Fsp3) is 0.212. The number of anilines is 1. The van der Waals surface area contributed by atoms with Crippen molar-refractivity contribution in [3.8, 4) is 0 Å². The Hall–Kier alpha value is -4.10. The number of hydrogen-bond acceptors (Lipinski definition) is 3. The molecule has 1 atom stereocenters. The number of carbonyl (C=O) groups excluding carboxylic acids is 2. The summed E-state index contributed by atoms with van der Waals surface area (Å²) >= 11 is 0. The Bertz CT molecular complexity index is 1580. The van der Waals surface area contributed by atoms with Gasteiger partial charge in [-0.3, -0.25) is 9.59 Å². The Morgan fingerprint density at radius 3 is 2.27 bits per heavy atom. The zero-order chi connectivity index (χ0) is 27.6. The second-order valence-corrected chi connectivity index (χ2v) is 11.8. The van der Waals surface area contributed by atoms with Gasteiger partial charge in [-0.25, -0.2) is 8.60 Å². The molecule has 0 spiro atoms. The summed E-state index contributed by atoms with van der Waals surface area (Å²) < 4.78 is 27.3. The van der Waals surface area contributed by atoms with Crippen molar-refractivity contribution in [1.82, 2.24) is 4.90 Å². The number of fused-ring (bicyclic) bond motifs is 2. The van der Waals surface area contributed by atoms with E-state index < -0.39 is 10.8 Å². The Labute approximate surface area is 235 Å². The highest BCUT2D eigenvalue weighted by molar-refractivity contribution is 7.85. The van der Waals surface area contributed by atoms with Crippen LogP contribution in [0.4, 0.5) is 10.1 Å². The van der Waals surface area contributed by atoms with E-state index in [2.05, 4.69) is 24.3 Å². The lowest BCUT2D eigenvalue weighted by Gasteiger charge is -2.32. The summed E-state index contributed by atoms with van der Waals surface area (Å²) in [5.41, 5.74) is 3.29. The molecule has 202 valence electrons. The van der Waals surface area contributed by atoms with Crippen LogP contribution in [0.1, 0.15) is 44.7 Å². The van der Waals surface area contributed by atoms with Gasteiger partial charge in [0.2, 0.25) is 0 Å². The lowest BCUT2D eigenvalue weighted by Crippen LogP contribution is -2.39. The number of amides is 2. The summed E-state index contributed by atoms with van der Waals surface area (Å²) in [7, 11) is -1.61. The topological polar surface area (TPSA) is 57.7 Å². The Morgan fingerprint density at radius 1 is 0.825 bits per heavy atom. The molecule has 0 radical (unpaired) electrons. The van der Waals surface area contributed by atoms with Gasteiger partial charge in [-0.05, 0) is 78.8 Å². The largest absolute Gasteiger partial charge is 0.339 e. The molecule has 0 saturated carbocycles. The molecule has 2 heterocycles. The standard InChI is InChI=1S/C33H29FN2O3S/c34-27-13-10-25(11-14-27)22-36-29-21-26(12-15-31(29)40(39)30-9-5-4-8-28(30)33(36)38)32(37)35-18-16-24(17-19-35)20-23-6-2-1-3-7-23/h1-15,21,24H,16-20,22H2/t40-/m1/s1. The van der Waals surface area contributed by atoms with Crippen molar-refractivity contribution in [2.75, 3.05) is 18.0 Å². The molecule has 4 aromatic carbocycles. The predicted molar refractivity (Wildman–Crippen MR) is 153 cm³/mol. The first-order chi connectivity index (χ1) is 19.5. The van der Waals surface area contributed by atoms with E-state index in [4.69, 9.17) is 0 Å². The zero-order valence-electron chi connectivity index (χ0n) is 22.0. The predicted octanol–water partition coefficient (Wildman–Crippen LogP) is 6.25. The van der Waals surface area contributed by atoms with Crippen LogP contribution in [-0.2, 0) is 23.8 Å². The van der Waals surface area contributed by atoms with Crippen LogP contribution in [0.25, 0.3) is 0 Å². The highest BCUT2D eigenvalue weighted by atomic mass is 32.2. The molecule has 1 saturated heterocycles. The van der Waals surface area contributed by atoms with Gasteiger partial charge in [-0.15, -0.1) is 0 Å². The smallest absolute Gasteiger partial charge is 0.259 e. The minimum absolute atomic E-state index is 0.0947. The third kappa shape index (κ3) is 5.21. The van der Waals surface area contributed by atoms with Crippen molar-refractivity contribution >= 4 is 28.3 Å². The molecule has 0 aliphatic carbocycles. The van der Waals surface area contributed by atoms with E-state index in [-0.39, 0.29) is 24.2 Å². The van der Waals surface area contributed by atoms with Crippen LogP contribution in [0.15, 0.2) is 107 Å². The van der Waals surface area contributed by atoms with Gasteiger partial charge in [-0.2, -0.15) is 0 Å². The lowest BCUT2D eigenvalue weighted by atomic mass is 9.90. The molecule has 0 unspecified atom stereocenters. The van der Waals surface area contributed by atoms with E-state index in [1.807, 2.05) is 11.0 Å².